The Kier molecular flexibility index (Phi) is 5.99. The Hall–Kier alpha value is -2.27. The van der Waals surface area contributed by atoms with E-state index in [1.165, 1.54) is 10.2 Å². The number of aryl methyl sites for hydroxylation is 2. The Morgan fingerprint density at radius 3 is 2.62 bits per heavy atom. The lowest BCUT2D eigenvalue weighted by molar-refractivity contribution is 0.675. The molecule has 0 bridgehead atoms. The average Bonchev–Trinajstić information content (AvgIpc) is 2.66. The minimum absolute atomic E-state index is 0.135. The van der Waals surface area contributed by atoms with E-state index < -0.39 is 0 Å². The van der Waals surface area contributed by atoms with Crippen LogP contribution in [0.5, 0.6) is 0 Å². The van der Waals surface area contributed by atoms with Crippen LogP contribution in [0.3, 0.4) is 0 Å². The summed E-state index contributed by atoms with van der Waals surface area (Å²) < 4.78 is 2.30. The molecule has 0 saturated carbocycles. The third-order valence-electron chi connectivity index (χ3n) is 4.34. The van der Waals surface area contributed by atoms with Crippen LogP contribution < -0.4 is 5.56 Å². The maximum atomic E-state index is 13.0. The zero-order valence-corrected chi connectivity index (χ0v) is 16.7. The van der Waals surface area contributed by atoms with Gasteiger partial charge in [-0.3, -0.25) is 4.79 Å². The first kappa shape index (κ1) is 18.5. The van der Waals surface area contributed by atoms with Crippen molar-refractivity contribution in [2.24, 2.45) is 5.10 Å². The van der Waals surface area contributed by atoms with Gasteiger partial charge in [0.1, 0.15) is 5.82 Å². The van der Waals surface area contributed by atoms with Gasteiger partial charge in [0.05, 0.1) is 17.1 Å². The smallest absolute Gasteiger partial charge is 0.267 e. The summed E-state index contributed by atoms with van der Waals surface area (Å²) in [6.45, 7) is 4.25. The molecule has 26 heavy (non-hydrogen) atoms. The van der Waals surface area contributed by atoms with Crippen LogP contribution in [0.1, 0.15) is 43.6 Å². The zero-order chi connectivity index (χ0) is 18.5. The molecule has 1 heterocycles. The van der Waals surface area contributed by atoms with E-state index in [1.807, 2.05) is 24.3 Å². The van der Waals surface area contributed by atoms with Gasteiger partial charge >= 0.3 is 0 Å². The molecule has 3 aromatic rings. The minimum Gasteiger partial charge on any atom is -0.267 e. The highest BCUT2D eigenvalue weighted by Gasteiger charge is 2.10. The van der Waals surface area contributed by atoms with Crippen molar-refractivity contribution < 1.29 is 0 Å². The van der Waals surface area contributed by atoms with E-state index in [0.29, 0.717) is 16.7 Å². The summed E-state index contributed by atoms with van der Waals surface area (Å²) in [6.07, 6.45) is 5.46. The molecule has 0 spiro atoms. The summed E-state index contributed by atoms with van der Waals surface area (Å²) in [7, 11) is 0. The van der Waals surface area contributed by atoms with Crippen molar-refractivity contribution in [3.05, 3.63) is 74.2 Å². The Labute approximate surface area is 161 Å². The second kappa shape index (κ2) is 8.41. The Balaban J connectivity index is 2.07. The van der Waals surface area contributed by atoms with E-state index >= 15 is 0 Å². The van der Waals surface area contributed by atoms with Gasteiger partial charge in [0, 0.05) is 10.9 Å². The molecule has 0 N–H and O–H groups in total. The number of rotatable bonds is 6. The lowest BCUT2D eigenvalue weighted by Gasteiger charge is -2.09. The van der Waals surface area contributed by atoms with E-state index in [4.69, 9.17) is 0 Å². The van der Waals surface area contributed by atoms with Crippen molar-refractivity contribution >= 4 is 33.0 Å². The Bertz CT molecular complexity index is 991. The number of unbranched alkanes of at least 4 members (excludes halogenated alkanes) is 1. The van der Waals surface area contributed by atoms with Crippen LogP contribution in [-0.2, 0) is 12.8 Å². The maximum absolute atomic E-state index is 13.0. The summed E-state index contributed by atoms with van der Waals surface area (Å²) in [6, 6.07) is 13.8. The van der Waals surface area contributed by atoms with Gasteiger partial charge in [-0.15, -0.1) is 0 Å². The van der Waals surface area contributed by atoms with Crippen molar-refractivity contribution in [3.8, 4) is 0 Å². The number of hydrogen-bond donors (Lipinski definition) is 0. The molecule has 0 saturated heterocycles. The van der Waals surface area contributed by atoms with Crippen molar-refractivity contribution in [2.75, 3.05) is 0 Å². The normalized spacial score (nSPS) is 11.5. The number of nitrogens with zero attached hydrogens (tertiary/aromatic N) is 3. The van der Waals surface area contributed by atoms with Crippen molar-refractivity contribution in [1.82, 2.24) is 9.66 Å². The van der Waals surface area contributed by atoms with E-state index in [2.05, 4.69) is 52.0 Å². The van der Waals surface area contributed by atoms with Crippen molar-refractivity contribution in [3.63, 3.8) is 0 Å². The second-order valence-corrected chi connectivity index (χ2v) is 7.17. The van der Waals surface area contributed by atoms with Crippen LogP contribution in [0.2, 0.25) is 0 Å². The summed E-state index contributed by atoms with van der Waals surface area (Å²) >= 11 is 3.43. The van der Waals surface area contributed by atoms with Crippen LogP contribution in [0.25, 0.3) is 10.9 Å². The van der Waals surface area contributed by atoms with Gasteiger partial charge in [0.15, 0.2) is 0 Å². The van der Waals surface area contributed by atoms with Crippen molar-refractivity contribution in [2.45, 2.75) is 39.5 Å². The predicted octanol–water partition coefficient (Wildman–Crippen LogP) is 4.95. The minimum atomic E-state index is -0.135. The van der Waals surface area contributed by atoms with Gasteiger partial charge in [-0.2, -0.15) is 9.78 Å². The molecular formula is C21H22BrN3O. The molecule has 2 aromatic carbocycles. The molecule has 0 radical (unpaired) electrons. The van der Waals surface area contributed by atoms with Crippen LogP contribution >= 0.6 is 15.9 Å². The van der Waals surface area contributed by atoms with Gasteiger partial charge in [0.2, 0.25) is 0 Å². The fraction of sp³-hybridized carbons (Fsp3) is 0.286. The quantitative estimate of drug-likeness (QED) is 0.538. The molecule has 3 rings (SSSR count). The first-order chi connectivity index (χ1) is 12.6. The highest BCUT2D eigenvalue weighted by atomic mass is 79.9. The standard InChI is InChI=1S/C21H22BrN3O/c1-3-5-6-20-24-19-12-11-17(22)13-18(19)21(26)25(20)23-14-16-9-7-15(4-2)8-10-16/h7-14H,3-6H2,1-2H3. The number of fused-ring (bicyclic) bond motifs is 1. The second-order valence-electron chi connectivity index (χ2n) is 6.25. The number of halogens is 1. The monoisotopic (exact) mass is 411 g/mol. The van der Waals surface area contributed by atoms with E-state index in [-0.39, 0.29) is 5.56 Å². The summed E-state index contributed by atoms with van der Waals surface area (Å²) in [5.74, 6) is 0.702. The predicted molar refractivity (Wildman–Crippen MR) is 111 cm³/mol. The van der Waals surface area contributed by atoms with Gasteiger partial charge in [-0.25, -0.2) is 4.98 Å². The Morgan fingerprint density at radius 2 is 1.92 bits per heavy atom. The molecule has 0 aliphatic carbocycles. The molecule has 0 amide bonds. The molecule has 0 aliphatic heterocycles. The molecule has 0 fully saturated rings. The van der Waals surface area contributed by atoms with Crippen LogP contribution in [0.4, 0.5) is 0 Å². The molecule has 134 valence electrons. The summed E-state index contributed by atoms with van der Waals surface area (Å²) in [4.78, 5) is 17.7. The molecule has 1 aromatic heterocycles. The molecule has 0 aliphatic rings. The Morgan fingerprint density at radius 1 is 1.15 bits per heavy atom. The van der Waals surface area contributed by atoms with Crippen molar-refractivity contribution in [1.29, 1.82) is 0 Å². The lowest BCUT2D eigenvalue weighted by Crippen LogP contribution is -2.22. The van der Waals surface area contributed by atoms with Crippen LogP contribution in [0.15, 0.2) is 56.8 Å². The fourth-order valence-electron chi connectivity index (χ4n) is 2.77. The van der Waals surface area contributed by atoms with Gasteiger partial charge in [0.25, 0.3) is 5.56 Å². The van der Waals surface area contributed by atoms with E-state index in [0.717, 1.165) is 35.7 Å². The highest BCUT2D eigenvalue weighted by molar-refractivity contribution is 9.10. The first-order valence-electron chi connectivity index (χ1n) is 8.97. The van der Waals surface area contributed by atoms with E-state index in [9.17, 15) is 4.79 Å². The number of hydrogen-bond acceptors (Lipinski definition) is 3. The average molecular weight is 412 g/mol. The first-order valence-corrected chi connectivity index (χ1v) is 9.76. The van der Waals surface area contributed by atoms with Gasteiger partial charge in [-0.1, -0.05) is 60.5 Å². The topological polar surface area (TPSA) is 47.2 Å². The summed E-state index contributed by atoms with van der Waals surface area (Å²) in [5.41, 5.74) is 2.82. The molecule has 5 heteroatoms. The highest BCUT2D eigenvalue weighted by Crippen LogP contribution is 2.16. The molecule has 4 nitrogen and oxygen atoms in total. The van der Waals surface area contributed by atoms with Gasteiger partial charge < -0.3 is 0 Å². The van der Waals surface area contributed by atoms with Crippen LogP contribution in [-0.4, -0.2) is 15.9 Å². The van der Waals surface area contributed by atoms with E-state index in [1.54, 1.807) is 12.3 Å². The molecule has 0 unspecified atom stereocenters. The van der Waals surface area contributed by atoms with Gasteiger partial charge in [-0.05, 0) is 42.2 Å². The largest absolute Gasteiger partial charge is 0.282 e. The number of aromatic nitrogens is 2. The third-order valence-corrected chi connectivity index (χ3v) is 4.83. The maximum Gasteiger partial charge on any atom is 0.282 e. The van der Waals surface area contributed by atoms with Crippen LogP contribution in [0, 0.1) is 0 Å². The SMILES string of the molecule is CCCCc1nc2ccc(Br)cc2c(=O)n1N=Cc1ccc(CC)cc1. The molecule has 0 atom stereocenters. The number of benzene rings is 2. The molecular weight excluding hydrogens is 390 g/mol. The fourth-order valence-corrected chi connectivity index (χ4v) is 3.14. The summed E-state index contributed by atoms with van der Waals surface area (Å²) in [5, 5.41) is 5.03. The third kappa shape index (κ3) is 4.10. The lowest BCUT2D eigenvalue weighted by atomic mass is 10.1. The zero-order valence-electron chi connectivity index (χ0n) is 15.1.